The number of quaternary nitrogens is 1. The largest absolute Gasteiger partial charge is 0.452 e. The molecule has 0 saturated carbocycles. The van der Waals surface area contributed by atoms with Gasteiger partial charge in [-0.15, -0.1) is 11.3 Å². The maximum atomic E-state index is 13.9. The first-order chi connectivity index (χ1) is 15.8. The lowest BCUT2D eigenvalue weighted by Crippen LogP contribution is -2.53. The number of Topliss-reactive ketones (excluding diaryl/α,β-unsaturated/α-hetero) is 1. The van der Waals surface area contributed by atoms with E-state index in [-0.39, 0.29) is 17.7 Å². The average molecular weight is 471 g/mol. The Balaban J connectivity index is 1.44. The highest BCUT2D eigenvalue weighted by molar-refractivity contribution is 7.12. The minimum Gasteiger partial charge on any atom is -0.452 e. The van der Waals surface area contributed by atoms with Crippen molar-refractivity contribution >= 4 is 23.1 Å². The Morgan fingerprint density at radius 2 is 1.61 bits per heavy atom. The summed E-state index contributed by atoms with van der Waals surface area (Å²) in [4.78, 5) is 26.4. The van der Waals surface area contributed by atoms with Crippen molar-refractivity contribution in [2.45, 2.75) is 18.9 Å². The number of benzene rings is 2. The predicted molar refractivity (Wildman–Crippen MR) is 123 cm³/mol. The van der Waals surface area contributed by atoms with Crippen LogP contribution in [0, 0.1) is 17.6 Å². The third-order valence-electron chi connectivity index (χ3n) is 6.23. The predicted octanol–water partition coefficient (Wildman–Crippen LogP) is 5.40. The molecular formula is C26H26F2NO3S+. The molecule has 1 aliphatic rings. The molecule has 0 spiro atoms. The van der Waals surface area contributed by atoms with Crippen LogP contribution in [0.25, 0.3) is 0 Å². The summed E-state index contributed by atoms with van der Waals surface area (Å²) in [6.07, 6.45) is 0.283. The van der Waals surface area contributed by atoms with Gasteiger partial charge in [0.25, 0.3) is 0 Å². The van der Waals surface area contributed by atoms with E-state index in [1.54, 1.807) is 24.3 Å². The first kappa shape index (κ1) is 23.3. The quantitative estimate of drug-likeness (QED) is 0.264. The second-order valence-corrected chi connectivity index (χ2v) is 9.77. The Hall–Kier alpha value is -2.90. The van der Waals surface area contributed by atoms with Gasteiger partial charge in [0, 0.05) is 12.8 Å². The number of carbonyl (C=O) groups is 2. The number of likely N-dealkylation sites (N-methyl/N-ethyl adjacent to an activating group) is 1. The van der Waals surface area contributed by atoms with Crippen LogP contribution in [0.3, 0.4) is 0 Å². The van der Waals surface area contributed by atoms with E-state index >= 15 is 0 Å². The lowest BCUT2D eigenvalue weighted by molar-refractivity contribution is -0.906. The van der Waals surface area contributed by atoms with Crippen LogP contribution in [-0.2, 0) is 9.53 Å². The van der Waals surface area contributed by atoms with Crippen LogP contribution in [0.1, 0.15) is 39.7 Å². The van der Waals surface area contributed by atoms with Crippen LogP contribution in [0.5, 0.6) is 0 Å². The van der Waals surface area contributed by atoms with Crippen molar-refractivity contribution in [1.82, 2.24) is 0 Å². The molecule has 2 aromatic carbocycles. The average Bonchev–Trinajstić information content (AvgIpc) is 3.33. The number of hydrogen-bond acceptors (Lipinski definition) is 4. The Kier molecular flexibility index (Phi) is 7.00. The Morgan fingerprint density at radius 1 is 1.00 bits per heavy atom. The molecule has 0 amide bonds. The van der Waals surface area contributed by atoms with Gasteiger partial charge in [0.2, 0.25) is 5.78 Å². The molecule has 172 valence electrons. The highest BCUT2D eigenvalue weighted by Crippen LogP contribution is 2.31. The molecule has 0 N–H and O–H groups in total. The molecule has 1 aromatic heterocycles. The van der Waals surface area contributed by atoms with E-state index in [1.165, 1.54) is 35.6 Å². The molecule has 0 radical (unpaired) electrons. The number of carbonyl (C=O) groups excluding carboxylic acids is 2. The van der Waals surface area contributed by atoms with Crippen molar-refractivity contribution in [3.05, 3.63) is 93.7 Å². The number of thiophene rings is 1. The molecule has 0 bridgehead atoms. The summed E-state index contributed by atoms with van der Waals surface area (Å²) in [6.45, 7) is 1.76. The number of esters is 1. The highest BCUT2D eigenvalue weighted by atomic mass is 32.1. The van der Waals surface area contributed by atoms with Crippen molar-refractivity contribution in [2.75, 3.05) is 26.7 Å². The lowest BCUT2D eigenvalue weighted by atomic mass is 9.94. The van der Waals surface area contributed by atoms with E-state index in [2.05, 4.69) is 0 Å². The lowest BCUT2D eigenvalue weighted by Gasteiger charge is -2.39. The topological polar surface area (TPSA) is 43.4 Å². The fourth-order valence-electron chi connectivity index (χ4n) is 4.33. The zero-order valence-electron chi connectivity index (χ0n) is 18.4. The first-order valence-electron chi connectivity index (χ1n) is 10.9. The zero-order valence-corrected chi connectivity index (χ0v) is 19.2. The van der Waals surface area contributed by atoms with E-state index in [4.69, 9.17) is 4.74 Å². The second-order valence-electron chi connectivity index (χ2n) is 8.83. The van der Waals surface area contributed by atoms with Crippen LogP contribution in [0.15, 0.2) is 66.0 Å². The molecular weight excluding hydrogens is 444 g/mol. The molecule has 7 heteroatoms. The number of ether oxygens (including phenoxy) is 1. The summed E-state index contributed by atoms with van der Waals surface area (Å²) >= 11 is 1.44. The molecule has 33 heavy (non-hydrogen) atoms. The number of nitrogens with zero attached hydrogens (tertiary/aromatic N) is 1. The normalized spacial score (nSPS) is 20.5. The van der Waals surface area contributed by atoms with E-state index < -0.39 is 17.7 Å². The van der Waals surface area contributed by atoms with E-state index in [9.17, 15) is 18.4 Å². The van der Waals surface area contributed by atoms with Crippen molar-refractivity contribution in [2.24, 2.45) is 5.92 Å². The van der Waals surface area contributed by atoms with Crippen molar-refractivity contribution < 1.29 is 27.6 Å². The summed E-state index contributed by atoms with van der Waals surface area (Å²) in [5.74, 6) is -1.50. The maximum absolute atomic E-state index is 13.9. The summed E-state index contributed by atoms with van der Waals surface area (Å²) < 4.78 is 34.1. The monoisotopic (exact) mass is 470 g/mol. The van der Waals surface area contributed by atoms with Crippen molar-refractivity contribution in [3.8, 4) is 0 Å². The van der Waals surface area contributed by atoms with E-state index in [1.807, 2.05) is 24.6 Å². The molecule has 0 unspecified atom stereocenters. The molecule has 1 fully saturated rings. The number of ketones is 1. The first-order valence-corrected chi connectivity index (χ1v) is 11.8. The second kappa shape index (κ2) is 9.93. The molecule has 1 aliphatic heterocycles. The summed E-state index contributed by atoms with van der Waals surface area (Å²) in [5, 5.41) is 1.89. The van der Waals surface area contributed by atoms with E-state index in [0.29, 0.717) is 48.1 Å². The van der Waals surface area contributed by atoms with Gasteiger partial charge in [-0.2, -0.15) is 0 Å². The van der Waals surface area contributed by atoms with Gasteiger partial charge in [0.1, 0.15) is 18.2 Å². The third kappa shape index (κ3) is 5.72. The van der Waals surface area contributed by atoms with Gasteiger partial charge in [0.15, 0.2) is 6.10 Å². The number of likely N-dealkylation sites (tertiary alicyclic amines) is 1. The molecule has 1 saturated heterocycles. The molecule has 4 rings (SSSR count). The van der Waals surface area contributed by atoms with Gasteiger partial charge in [-0.05, 0) is 46.8 Å². The Morgan fingerprint density at radius 3 is 2.12 bits per heavy atom. The van der Waals surface area contributed by atoms with Crippen LogP contribution < -0.4 is 0 Å². The zero-order chi connectivity index (χ0) is 23.4. The van der Waals surface area contributed by atoms with E-state index in [0.717, 1.165) is 4.88 Å². The summed E-state index contributed by atoms with van der Waals surface area (Å²) in [5.41, 5.74) is 0.902. The van der Waals surface area contributed by atoms with Crippen LogP contribution in [0.2, 0.25) is 0 Å². The summed E-state index contributed by atoms with van der Waals surface area (Å²) in [7, 11) is 2.04. The Bertz CT molecular complexity index is 1080. The standard InChI is InChI=1S/C26H26F2NO3S/c1-29(17-23(30)24-9-4-14-33-24)12-10-18(11-13-29)26(31)32-25(19-5-2-7-21(27)15-19)20-6-3-8-22(28)16-20/h2-9,14-16,18,25H,10-13,17H2,1H3/q+1. The number of hydrogen-bond donors (Lipinski definition) is 0. The highest BCUT2D eigenvalue weighted by Gasteiger charge is 2.37. The van der Waals surface area contributed by atoms with Gasteiger partial charge >= 0.3 is 5.97 Å². The maximum Gasteiger partial charge on any atom is 0.310 e. The third-order valence-corrected chi connectivity index (χ3v) is 7.14. The Labute approximate surface area is 196 Å². The fraction of sp³-hybridized carbons (Fsp3) is 0.308. The van der Waals surface area contributed by atoms with Gasteiger partial charge in [0.05, 0.1) is 30.9 Å². The summed E-state index contributed by atoms with van der Waals surface area (Å²) in [6, 6.07) is 15.3. The molecule has 4 nitrogen and oxygen atoms in total. The molecule has 2 heterocycles. The van der Waals surface area contributed by atoms with Gasteiger partial charge in [-0.25, -0.2) is 8.78 Å². The SMILES string of the molecule is C[N+]1(CC(=O)c2cccs2)CCC(C(=O)OC(c2cccc(F)c2)c2cccc(F)c2)CC1. The molecule has 0 atom stereocenters. The van der Waals surface area contributed by atoms with Crippen LogP contribution in [-0.4, -0.2) is 42.9 Å². The van der Waals surface area contributed by atoms with Crippen LogP contribution in [0.4, 0.5) is 8.78 Å². The number of rotatable bonds is 7. The minimum atomic E-state index is -0.896. The smallest absolute Gasteiger partial charge is 0.310 e. The van der Waals surface area contributed by atoms with Gasteiger partial charge < -0.3 is 9.22 Å². The van der Waals surface area contributed by atoms with Gasteiger partial charge in [-0.3, -0.25) is 9.59 Å². The number of piperidine rings is 1. The minimum absolute atomic E-state index is 0.116. The van der Waals surface area contributed by atoms with Crippen molar-refractivity contribution in [3.63, 3.8) is 0 Å². The molecule has 3 aromatic rings. The fourth-order valence-corrected chi connectivity index (χ4v) is 4.98. The van der Waals surface area contributed by atoms with Crippen LogP contribution >= 0.6 is 11.3 Å². The van der Waals surface area contributed by atoms with Gasteiger partial charge in [-0.1, -0.05) is 30.3 Å². The molecule has 0 aliphatic carbocycles. The van der Waals surface area contributed by atoms with Crippen molar-refractivity contribution in [1.29, 1.82) is 0 Å². The number of halogens is 2.